The molecule has 3 rings (SSSR count). The van der Waals surface area contributed by atoms with E-state index < -0.39 is 11.8 Å². The molecule has 0 saturated carbocycles. The molecule has 0 spiro atoms. The van der Waals surface area contributed by atoms with Crippen LogP contribution in [-0.2, 0) is 4.74 Å². The number of thiocarbonyl (C=S) groups is 1. The maximum atomic E-state index is 12.5. The van der Waals surface area contributed by atoms with Crippen molar-refractivity contribution in [2.75, 3.05) is 20.3 Å². The number of carbonyl (C=O) groups excluding carboxylic acids is 2. The summed E-state index contributed by atoms with van der Waals surface area (Å²) >= 11 is 12.7. The van der Waals surface area contributed by atoms with Crippen molar-refractivity contribution in [3.05, 3.63) is 64.0 Å². The number of benzene rings is 2. The molecule has 1 aromatic heterocycles. The Bertz CT molecular complexity index is 1090. The molecule has 0 bridgehead atoms. The van der Waals surface area contributed by atoms with E-state index in [4.69, 9.17) is 33.3 Å². The maximum Gasteiger partial charge on any atom is 0.281 e. The average molecular weight is 464 g/mol. The monoisotopic (exact) mass is 463 g/mol. The minimum atomic E-state index is -0.477. The van der Waals surface area contributed by atoms with E-state index in [0.29, 0.717) is 34.4 Å². The van der Waals surface area contributed by atoms with Gasteiger partial charge in [-0.05, 0) is 30.4 Å². The number of rotatable bonds is 6. The molecule has 0 unspecified atom stereocenters. The van der Waals surface area contributed by atoms with Gasteiger partial charge < -0.3 is 9.47 Å². The standard InChI is InChI=1S/C20H18ClN3O4S2/c1-27-10-11-28-14-8-4-2-6-12(14)18(25)22-20(29)24-23-19(26)17-16(21)13-7-3-5-9-15(13)30-17/h2-9H,10-11H2,1H3,(H,23,26)(H2,22,24,25,29). The summed E-state index contributed by atoms with van der Waals surface area (Å²) in [7, 11) is 1.56. The zero-order chi connectivity index (χ0) is 21.5. The first-order valence-corrected chi connectivity index (χ1v) is 10.4. The third-order valence-electron chi connectivity index (χ3n) is 3.93. The zero-order valence-electron chi connectivity index (χ0n) is 15.9. The molecule has 0 saturated heterocycles. The number of carbonyl (C=O) groups is 2. The van der Waals surface area contributed by atoms with E-state index in [1.165, 1.54) is 11.3 Å². The van der Waals surface area contributed by atoms with Gasteiger partial charge in [-0.3, -0.25) is 25.8 Å². The second-order valence-electron chi connectivity index (χ2n) is 5.94. The summed E-state index contributed by atoms with van der Waals surface area (Å²) < 4.78 is 11.4. The Kier molecular flexibility index (Phi) is 7.58. The molecule has 3 N–H and O–H groups in total. The van der Waals surface area contributed by atoms with E-state index in [1.54, 1.807) is 31.4 Å². The van der Waals surface area contributed by atoms with Crippen molar-refractivity contribution in [1.82, 2.24) is 16.2 Å². The molecule has 10 heteroatoms. The van der Waals surface area contributed by atoms with Crippen molar-refractivity contribution < 1.29 is 19.1 Å². The Balaban J connectivity index is 1.58. The van der Waals surface area contributed by atoms with Crippen molar-refractivity contribution in [3.63, 3.8) is 0 Å². The Morgan fingerprint density at radius 1 is 1.03 bits per heavy atom. The van der Waals surface area contributed by atoms with Crippen molar-refractivity contribution >= 4 is 62.2 Å². The quantitative estimate of drug-likeness (QED) is 0.294. The van der Waals surface area contributed by atoms with Crippen LogP contribution in [0, 0.1) is 0 Å². The molecule has 0 aliphatic rings. The highest BCUT2D eigenvalue weighted by atomic mass is 35.5. The summed E-state index contributed by atoms with van der Waals surface area (Å²) in [5.74, 6) is -0.535. The van der Waals surface area contributed by atoms with Crippen LogP contribution in [0.1, 0.15) is 20.0 Å². The summed E-state index contributed by atoms with van der Waals surface area (Å²) in [5, 5.41) is 3.60. The van der Waals surface area contributed by atoms with E-state index >= 15 is 0 Å². The predicted molar refractivity (Wildman–Crippen MR) is 121 cm³/mol. The first-order chi connectivity index (χ1) is 14.5. The van der Waals surface area contributed by atoms with Gasteiger partial charge >= 0.3 is 0 Å². The van der Waals surface area contributed by atoms with Crippen molar-refractivity contribution in [2.45, 2.75) is 0 Å². The van der Waals surface area contributed by atoms with Gasteiger partial charge in [0.15, 0.2) is 5.11 Å². The number of hydrogen-bond donors (Lipinski definition) is 3. The average Bonchev–Trinajstić information content (AvgIpc) is 3.09. The maximum absolute atomic E-state index is 12.5. The number of amides is 2. The van der Waals surface area contributed by atoms with Gasteiger partial charge in [0.2, 0.25) is 0 Å². The number of fused-ring (bicyclic) bond motifs is 1. The fourth-order valence-electron chi connectivity index (χ4n) is 2.55. The normalized spacial score (nSPS) is 10.5. The third kappa shape index (κ3) is 5.25. The van der Waals surface area contributed by atoms with Crippen LogP contribution in [0.25, 0.3) is 10.1 Å². The molecular formula is C20H18ClN3O4S2. The molecule has 3 aromatic rings. The molecule has 7 nitrogen and oxygen atoms in total. The first-order valence-electron chi connectivity index (χ1n) is 8.80. The molecule has 0 atom stereocenters. The highest BCUT2D eigenvalue weighted by Gasteiger charge is 2.18. The predicted octanol–water partition coefficient (Wildman–Crippen LogP) is 3.53. The highest BCUT2D eigenvalue weighted by Crippen LogP contribution is 2.34. The number of ether oxygens (including phenoxy) is 2. The lowest BCUT2D eigenvalue weighted by Crippen LogP contribution is -2.48. The number of thiophene rings is 1. The van der Waals surface area contributed by atoms with Crippen LogP contribution < -0.4 is 20.9 Å². The number of halogens is 1. The molecule has 156 valence electrons. The SMILES string of the molecule is COCCOc1ccccc1C(=O)NC(=S)NNC(=O)c1sc2ccccc2c1Cl. The van der Waals surface area contributed by atoms with Gasteiger partial charge in [0.25, 0.3) is 11.8 Å². The molecule has 2 aromatic carbocycles. The lowest BCUT2D eigenvalue weighted by molar-refractivity contribution is 0.0936. The highest BCUT2D eigenvalue weighted by molar-refractivity contribution is 7.80. The van der Waals surface area contributed by atoms with E-state index in [2.05, 4.69) is 16.2 Å². The van der Waals surface area contributed by atoms with E-state index in [-0.39, 0.29) is 5.11 Å². The molecule has 2 amide bonds. The smallest absolute Gasteiger partial charge is 0.281 e. The van der Waals surface area contributed by atoms with E-state index in [0.717, 1.165) is 10.1 Å². The molecule has 0 aliphatic carbocycles. The van der Waals surface area contributed by atoms with Crippen LogP contribution in [0.15, 0.2) is 48.5 Å². The fraction of sp³-hybridized carbons (Fsp3) is 0.150. The van der Waals surface area contributed by atoms with Gasteiger partial charge in [-0.2, -0.15) is 0 Å². The molecule has 0 radical (unpaired) electrons. The second kappa shape index (κ2) is 10.4. The number of hydrogen-bond acceptors (Lipinski definition) is 6. The number of hydrazine groups is 1. The van der Waals surface area contributed by atoms with Crippen LogP contribution in [0.4, 0.5) is 0 Å². The Labute approximate surface area is 187 Å². The van der Waals surface area contributed by atoms with Crippen LogP contribution in [0.3, 0.4) is 0 Å². The van der Waals surface area contributed by atoms with Crippen molar-refractivity contribution in [3.8, 4) is 5.75 Å². The van der Waals surface area contributed by atoms with Gasteiger partial charge in [0.05, 0.1) is 17.2 Å². The van der Waals surface area contributed by atoms with Gasteiger partial charge in [-0.15, -0.1) is 11.3 Å². The lowest BCUT2D eigenvalue weighted by Gasteiger charge is -2.13. The largest absolute Gasteiger partial charge is 0.490 e. The van der Waals surface area contributed by atoms with E-state index in [9.17, 15) is 9.59 Å². The van der Waals surface area contributed by atoms with Crippen molar-refractivity contribution in [1.29, 1.82) is 0 Å². The molecule has 30 heavy (non-hydrogen) atoms. The van der Waals surface area contributed by atoms with Crippen LogP contribution in [-0.4, -0.2) is 37.3 Å². The summed E-state index contributed by atoms with van der Waals surface area (Å²) in [6.45, 7) is 0.692. The van der Waals surface area contributed by atoms with Gasteiger partial charge in [0, 0.05) is 17.2 Å². The summed E-state index contributed by atoms with van der Waals surface area (Å²) in [6.07, 6.45) is 0. The molecular weight excluding hydrogens is 446 g/mol. The third-order valence-corrected chi connectivity index (χ3v) is 5.81. The lowest BCUT2D eigenvalue weighted by atomic mass is 10.2. The van der Waals surface area contributed by atoms with Crippen molar-refractivity contribution in [2.24, 2.45) is 0 Å². The molecule has 0 fully saturated rings. The fourth-order valence-corrected chi connectivity index (χ4v) is 4.10. The van der Waals surface area contributed by atoms with Gasteiger partial charge in [0.1, 0.15) is 17.2 Å². The molecule has 0 aliphatic heterocycles. The van der Waals surface area contributed by atoms with Crippen LogP contribution in [0.2, 0.25) is 5.02 Å². The summed E-state index contributed by atoms with van der Waals surface area (Å²) in [6, 6.07) is 14.2. The van der Waals surface area contributed by atoms with Crippen LogP contribution in [0.5, 0.6) is 5.75 Å². The summed E-state index contributed by atoms with van der Waals surface area (Å²) in [4.78, 5) is 25.3. The second-order valence-corrected chi connectivity index (χ2v) is 7.78. The number of para-hydroxylation sites is 1. The van der Waals surface area contributed by atoms with Crippen LogP contribution >= 0.6 is 35.2 Å². The molecule has 1 heterocycles. The van der Waals surface area contributed by atoms with E-state index in [1.807, 2.05) is 24.3 Å². The topological polar surface area (TPSA) is 88.7 Å². The number of nitrogens with one attached hydrogen (secondary N) is 3. The Morgan fingerprint density at radius 2 is 1.77 bits per heavy atom. The Morgan fingerprint density at radius 3 is 2.53 bits per heavy atom. The van der Waals surface area contributed by atoms with Gasteiger partial charge in [-0.25, -0.2) is 0 Å². The minimum absolute atomic E-state index is 0.0720. The Hall–Kier alpha value is -2.72. The minimum Gasteiger partial charge on any atom is -0.490 e. The summed E-state index contributed by atoms with van der Waals surface area (Å²) in [5.41, 5.74) is 5.26. The zero-order valence-corrected chi connectivity index (χ0v) is 18.2. The number of methoxy groups -OCH3 is 1. The van der Waals surface area contributed by atoms with Gasteiger partial charge in [-0.1, -0.05) is 41.9 Å². The first kappa shape index (κ1) is 22.0.